The fourth-order valence-corrected chi connectivity index (χ4v) is 3.24. The van der Waals surface area contributed by atoms with Crippen LogP contribution in [0, 0.1) is 47.4 Å². The molecule has 0 heterocycles. The van der Waals surface area contributed by atoms with Gasteiger partial charge in [-0.3, -0.25) is 45.3 Å². The fraction of sp³-hybridized carbons (Fsp3) is 0.167. The maximum Gasteiger partial charge on any atom is 0.270 e. The van der Waals surface area contributed by atoms with E-state index >= 15 is 0 Å². The molecule has 0 aromatic heterocycles. The zero-order chi connectivity index (χ0) is 33.2. The molecule has 0 atom stereocenters. The van der Waals surface area contributed by atoms with Crippen LogP contribution in [-0.2, 0) is 13.0 Å². The van der Waals surface area contributed by atoms with Crippen LogP contribution in [0.15, 0.2) is 97.1 Å². The zero-order valence-electron chi connectivity index (χ0n) is 24.1. The number of aryl methyl sites for hydroxylation is 2. The highest BCUT2D eigenvalue weighted by Gasteiger charge is 2.07. The molecular weight excluding hydrogens is 576 g/mol. The standard InChI is InChI=1S/C8H7NO3.C8H9NO2.C7H7NO3.C7H7NO2/c1-6(10)7-3-2-4-8(5-7)9(11)12;1-2-7-4-3-5-8(6-7)9(10)11;9-5-6-2-1-3-7(4-6)8(10)11;1-6-3-2-4-7(5-6)8(9)10/h2-5H,1H3;3-6H,2H2,1H3;1-4,9H,5H2;2-5H,1H3. The van der Waals surface area contributed by atoms with Crippen LogP contribution in [0.5, 0.6) is 0 Å². The van der Waals surface area contributed by atoms with Crippen LogP contribution < -0.4 is 0 Å². The third kappa shape index (κ3) is 13.2. The number of rotatable bonds is 7. The summed E-state index contributed by atoms with van der Waals surface area (Å²) in [5.41, 5.74) is 3.11. The third-order valence-corrected chi connectivity index (χ3v) is 5.51. The van der Waals surface area contributed by atoms with Crippen LogP contribution in [0.25, 0.3) is 0 Å². The number of nitrogens with zero attached hydrogens (tertiary/aromatic N) is 4. The maximum absolute atomic E-state index is 10.8. The molecule has 0 saturated heterocycles. The summed E-state index contributed by atoms with van der Waals surface area (Å²) in [6.07, 6.45) is 0.835. The average molecular weight is 607 g/mol. The molecule has 0 radical (unpaired) electrons. The van der Waals surface area contributed by atoms with Gasteiger partial charge in [-0.15, -0.1) is 0 Å². The third-order valence-electron chi connectivity index (χ3n) is 5.51. The van der Waals surface area contributed by atoms with E-state index in [-0.39, 0.29) is 40.1 Å². The summed E-state index contributed by atoms with van der Waals surface area (Å²) in [5.74, 6) is -0.168. The second-order valence-electron chi connectivity index (χ2n) is 8.83. The van der Waals surface area contributed by atoms with Crippen molar-refractivity contribution in [3.8, 4) is 0 Å². The highest BCUT2D eigenvalue weighted by atomic mass is 16.6. The lowest BCUT2D eigenvalue weighted by Crippen LogP contribution is -1.94. The lowest BCUT2D eigenvalue weighted by Gasteiger charge is -1.94. The van der Waals surface area contributed by atoms with Crippen molar-refractivity contribution in [1.29, 1.82) is 0 Å². The molecule has 0 aliphatic carbocycles. The molecule has 0 saturated carbocycles. The first kappa shape index (κ1) is 36.1. The Bertz CT molecular complexity index is 1520. The quantitative estimate of drug-likeness (QED) is 0.130. The highest BCUT2D eigenvalue weighted by Crippen LogP contribution is 2.15. The van der Waals surface area contributed by atoms with Gasteiger partial charge >= 0.3 is 0 Å². The van der Waals surface area contributed by atoms with Gasteiger partial charge in [0.15, 0.2) is 5.78 Å². The van der Waals surface area contributed by atoms with Crippen LogP contribution in [0.1, 0.15) is 40.9 Å². The minimum atomic E-state index is -0.521. The number of ketones is 1. The number of benzene rings is 4. The van der Waals surface area contributed by atoms with E-state index in [4.69, 9.17) is 5.11 Å². The first-order valence-electron chi connectivity index (χ1n) is 12.8. The van der Waals surface area contributed by atoms with Crippen molar-refractivity contribution in [2.45, 2.75) is 33.8 Å². The Kier molecular flexibility index (Phi) is 15.2. The van der Waals surface area contributed by atoms with Crippen LogP contribution >= 0.6 is 0 Å². The van der Waals surface area contributed by atoms with Crippen LogP contribution in [0.4, 0.5) is 22.7 Å². The maximum atomic E-state index is 10.8. The molecule has 0 fully saturated rings. The smallest absolute Gasteiger partial charge is 0.270 e. The summed E-state index contributed by atoms with van der Waals surface area (Å²) < 4.78 is 0. The van der Waals surface area contributed by atoms with E-state index < -0.39 is 14.8 Å². The van der Waals surface area contributed by atoms with Crippen molar-refractivity contribution in [1.82, 2.24) is 0 Å². The van der Waals surface area contributed by atoms with Gasteiger partial charge in [-0.2, -0.15) is 0 Å². The minimum absolute atomic E-state index is 0.0107. The number of nitro groups is 4. The van der Waals surface area contributed by atoms with E-state index in [0.29, 0.717) is 11.1 Å². The minimum Gasteiger partial charge on any atom is -0.392 e. The van der Waals surface area contributed by atoms with Gasteiger partial charge in [0.05, 0.1) is 26.3 Å². The van der Waals surface area contributed by atoms with Crippen molar-refractivity contribution in [2.24, 2.45) is 0 Å². The Morgan fingerprint density at radius 1 is 0.614 bits per heavy atom. The SMILES string of the molecule is CC(=O)c1cccc([N+](=O)[O-])c1.CCc1cccc([N+](=O)[O-])c1.Cc1cccc([N+](=O)[O-])c1.O=[N+]([O-])c1cccc(CO)c1. The molecule has 0 amide bonds. The number of hydrogen-bond donors (Lipinski definition) is 1. The van der Waals surface area contributed by atoms with Crippen LogP contribution in [0.3, 0.4) is 0 Å². The molecule has 4 aromatic rings. The topological polar surface area (TPSA) is 210 Å². The zero-order valence-corrected chi connectivity index (χ0v) is 24.1. The predicted molar refractivity (Wildman–Crippen MR) is 162 cm³/mol. The molecule has 44 heavy (non-hydrogen) atoms. The van der Waals surface area contributed by atoms with Gasteiger partial charge in [0.1, 0.15) is 0 Å². The van der Waals surface area contributed by atoms with Gasteiger partial charge in [0.2, 0.25) is 0 Å². The predicted octanol–water partition coefficient (Wildman–Crippen LogP) is 6.94. The van der Waals surface area contributed by atoms with Crippen LogP contribution in [0.2, 0.25) is 0 Å². The summed E-state index contributed by atoms with van der Waals surface area (Å²) in [5, 5.41) is 49.5. The van der Waals surface area contributed by atoms with E-state index in [1.807, 2.05) is 26.0 Å². The Hall–Kier alpha value is -5.89. The second-order valence-corrected chi connectivity index (χ2v) is 8.83. The van der Waals surface area contributed by atoms with Crippen LogP contribution in [-0.4, -0.2) is 30.6 Å². The molecule has 0 aliphatic rings. The molecule has 0 bridgehead atoms. The van der Waals surface area contributed by atoms with E-state index in [1.54, 1.807) is 42.5 Å². The molecule has 0 unspecified atom stereocenters. The van der Waals surface area contributed by atoms with Crippen molar-refractivity contribution in [3.05, 3.63) is 160 Å². The first-order chi connectivity index (χ1) is 20.8. The lowest BCUT2D eigenvalue weighted by atomic mass is 10.1. The Labute approximate surface area is 251 Å². The van der Waals surface area contributed by atoms with Crippen molar-refractivity contribution in [2.75, 3.05) is 0 Å². The Balaban J connectivity index is 0.000000294. The average Bonchev–Trinajstić information content (AvgIpc) is 3.02. The van der Waals surface area contributed by atoms with Crippen molar-refractivity contribution < 1.29 is 29.6 Å². The number of carbonyl (C=O) groups is 1. The van der Waals surface area contributed by atoms with E-state index in [2.05, 4.69) is 0 Å². The second kappa shape index (κ2) is 18.5. The normalized spacial score (nSPS) is 9.45. The Morgan fingerprint density at radius 2 is 1.00 bits per heavy atom. The number of hydrogen-bond acceptors (Lipinski definition) is 10. The number of non-ortho nitro benzene ring substituents is 4. The van der Waals surface area contributed by atoms with Gasteiger partial charge < -0.3 is 5.11 Å². The van der Waals surface area contributed by atoms with Crippen molar-refractivity contribution in [3.63, 3.8) is 0 Å². The molecule has 14 nitrogen and oxygen atoms in total. The monoisotopic (exact) mass is 606 g/mol. The van der Waals surface area contributed by atoms with Gasteiger partial charge in [-0.25, -0.2) is 0 Å². The van der Waals surface area contributed by atoms with Gasteiger partial charge in [0, 0.05) is 54.1 Å². The van der Waals surface area contributed by atoms with Crippen molar-refractivity contribution >= 4 is 28.5 Å². The van der Waals surface area contributed by atoms with E-state index in [1.165, 1.54) is 49.4 Å². The molecule has 230 valence electrons. The highest BCUT2D eigenvalue weighted by molar-refractivity contribution is 5.94. The van der Waals surface area contributed by atoms with E-state index in [0.717, 1.165) is 17.5 Å². The largest absolute Gasteiger partial charge is 0.392 e. The lowest BCUT2D eigenvalue weighted by molar-refractivity contribution is -0.385. The number of aliphatic hydroxyl groups is 1. The number of carbonyl (C=O) groups excluding carboxylic acids is 1. The van der Waals surface area contributed by atoms with Gasteiger partial charge in [-0.1, -0.05) is 55.5 Å². The number of nitro benzene ring substituents is 4. The molecule has 4 rings (SSSR count). The molecule has 1 N–H and O–H groups in total. The molecule has 14 heteroatoms. The summed E-state index contributed by atoms with van der Waals surface area (Å²) in [6, 6.07) is 24.8. The summed E-state index contributed by atoms with van der Waals surface area (Å²) in [7, 11) is 0. The summed E-state index contributed by atoms with van der Waals surface area (Å²) in [4.78, 5) is 49.9. The first-order valence-corrected chi connectivity index (χ1v) is 12.8. The number of Topliss-reactive ketones (excluding diaryl/α,β-unsaturated/α-hetero) is 1. The summed E-state index contributed by atoms with van der Waals surface area (Å²) >= 11 is 0. The fourth-order valence-electron chi connectivity index (χ4n) is 3.24. The molecule has 0 spiro atoms. The molecule has 0 aliphatic heterocycles. The number of aliphatic hydroxyl groups excluding tert-OH is 1. The molecule has 4 aromatic carbocycles. The Morgan fingerprint density at radius 3 is 1.39 bits per heavy atom. The van der Waals surface area contributed by atoms with Gasteiger partial charge in [-0.05, 0) is 37.0 Å². The van der Waals surface area contributed by atoms with Gasteiger partial charge in [0.25, 0.3) is 22.7 Å². The molecular formula is C30H30N4O10. The summed E-state index contributed by atoms with van der Waals surface area (Å²) in [6.45, 7) is 5.01. The van der Waals surface area contributed by atoms with E-state index in [9.17, 15) is 45.3 Å².